The van der Waals surface area contributed by atoms with E-state index >= 15 is 0 Å². The molecule has 0 aromatic heterocycles. The van der Waals surface area contributed by atoms with Crippen LogP contribution in [0.5, 0.6) is 0 Å². The van der Waals surface area contributed by atoms with Crippen LogP contribution in [0, 0.1) is 5.92 Å². The van der Waals surface area contributed by atoms with Crippen molar-refractivity contribution in [1.29, 1.82) is 0 Å². The molecule has 17 heavy (non-hydrogen) atoms. The van der Waals surface area contributed by atoms with Gasteiger partial charge in [0.25, 0.3) is 0 Å². The average molecular weight is 232 g/mol. The number of nitrogens with two attached hydrogens (primary N) is 1. The van der Waals surface area contributed by atoms with E-state index in [1.807, 2.05) is 18.2 Å². The fourth-order valence-corrected chi connectivity index (χ4v) is 2.48. The van der Waals surface area contributed by atoms with Crippen molar-refractivity contribution in [3.05, 3.63) is 35.4 Å². The zero-order valence-electron chi connectivity index (χ0n) is 10.3. The van der Waals surface area contributed by atoms with Gasteiger partial charge in [0.1, 0.15) is 0 Å². The molecule has 1 aliphatic rings. The van der Waals surface area contributed by atoms with E-state index in [-0.39, 0.29) is 5.78 Å². The molecule has 3 N–H and O–H groups in total. The number of benzene rings is 1. The second kappa shape index (κ2) is 5.43. The molecule has 1 aliphatic heterocycles. The summed E-state index contributed by atoms with van der Waals surface area (Å²) in [5.41, 5.74) is 7.78. The number of carbonyl (C=O) groups is 1. The van der Waals surface area contributed by atoms with Crippen LogP contribution < -0.4 is 11.1 Å². The summed E-state index contributed by atoms with van der Waals surface area (Å²) in [6.07, 6.45) is 1.12. The van der Waals surface area contributed by atoms with E-state index in [9.17, 15) is 4.79 Å². The van der Waals surface area contributed by atoms with Crippen molar-refractivity contribution in [2.45, 2.75) is 19.3 Å². The fraction of sp³-hybridized carbons (Fsp3) is 0.500. The molecular formula is C14H20N2O. The van der Waals surface area contributed by atoms with Crippen LogP contribution in [0.2, 0.25) is 0 Å². The first-order valence-electron chi connectivity index (χ1n) is 6.22. The lowest BCUT2D eigenvalue weighted by Crippen LogP contribution is -2.38. The predicted octanol–water partition coefficient (Wildman–Crippen LogP) is 1.54. The number of nitrogens with one attached hydrogen (secondary N) is 1. The zero-order chi connectivity index (χ0) is 12.3. The number of rotatable bonds is 3. The second-order valence-electron chi connectivity index (χ2n) is 4.87. The molecule has 2 unspecified atom stereocenters. The summed E-state index contributed by atoms with van der Waals surface area (Å²) < 4.78 is 0. The van der Waals surface area contributed by atoms with E-state index in [2.05, 4.69) is 11.4 Å². The van der Waals surface area contributed by atoms with Crippen molar-refractivity contribution >= 4 is 5.78 Å². The monoisotopic (exact) mass is 232 g/mol. The normalized spacial score (nSPS) is 24.6. The molecule has 3 nitrogen and oxygen atoms in total. The quantitative estimate of drug-likeness (QED) is 0.777. The van der Waals surface area contributed by atoms with E-state index in [0.717, 1.165) is 31.6 Å². The Bertz CT molecular complexity index is 403. The first kappa shape index (κ1) is 12.3. The molecule has 2 rings (SSSR count). The summed E-state index contributed by atoms with van der Waals surface area (Å²) in [5, 5.41) is 3.42. The molecule has 0 aliphatic carbocycles. The molecule has 1 aromatic carbocycles. The third-order valence-corrected chi connectivity index (χ3v) is 3.54. The maximum atomic E-state index is 11.4. The molecule has 2 atom stereocenters. The number of hydrogen-bond acceptors (Lipinski definition) is 3. The summed E-state index contributed by atoms with van der Waals surface area (Å²) >= 11 is 0. The van der Waals surface area contributed by atoms with E-state index < -0.39 is 0 Å². The van der Waals surface area contributed by atoms with Crippen LogP contribution in [0.1, 0.15) is 35.2 Å². The number of Topliss-reactive ketones (excluding diaryl/α,β-unsaturated/α-hetero) is 1. The van der Waals surface area contributed by atoms with Crippen molar-refractivity contribution in [3.63, 3.8) is 0 Å². The van der Waals surface area contributed by atoms with Gasteiger partial charge in [0.2, 0.25) is 0 Å². The summed E-state index contributed by atoms with van der Waals surface area (Å²) in [5.74, 6) is 1.16. The van der Waals surface area contributed by atoms with Gasteiger partial charge in [-0.2, -0.15) is 0 Å². The smallest absolute Gasteiger partial charge is 0.159 e. The molecule has 3 heteroatoms. The highest BCUT2D eigenvalue weighted by Gasteiger charge is 2.22. The molecule has 0 radical (unpaired) electrons. The third-order valence-electron chi connectivity index (χ3n) is 3.54. The highest BCUT2D eigenvalue weighted by Crippen LogP contribution is 2.26. The van der Waals surface area contributed by atoms with Crippen LogP contribution in [0.3, 0.4) is 0 Å². The van der Waals surface area contributed by atoms with E-state index in [1.165, 1.54) is 5.56 Å². The molecule has 0 spiro atoms. The van der Waals surface area contributed by atoms with Gasteiger partial charge in [-0.15, -0.1) is 0 Å². The average Bonchev–Trinajstić information content (AvgIpc) is 2.39. The largest absolute Gasteiger partial charge is 0.330 e. The lowest BCUT2D eigenvalue weighted by atomic mass is 9.85. The Hall–Kier alpha value is -1.19. The van der Waals surface area contributed by atoms with Crippen molar-refractivity contribution in [2.24, 2.45) is 11.7 Å². The summed E-state index contributed by atoms with van der Waals surface area (Å²) in [4.78, 5) is 11.4. The van der Waals surface area contributed by atoms with Gasteiger partial charge in [0.05, 0.1) is 0 Å². The Morgan fingerprint density at radius 2 is 2.29 bits per heavy atom. The van der Waals surface area contributed by atoms with Crippen LogP contribution >= 0.6 is 0 Å². The zero-order valence-corrected chi connectivity index (χ0v) is 10.3. The summed E-state index contributed by atoms with van der Waals surface area (Å²) in [7, 11) is 0. The van der Waals surface area contributed by atoms with Crippen LogP contribution in [0.25, 0.3) is 0 Å². The number of hydrogen-bond donors (Lipinski definition) is 2. The van der Waals surface area contributed by atoms with E-state index in [4.69, 9.17) is 5.73 Å². The second-order valence-corrected chi connectivity index (χ2v) is 4.87. The van der Waals surface area contributed by atoms with E-state index in [0.29, 0.717) is 11.8 Å². The Morgan fingerprint density at radius 1 is 1.47 bits per heavy atom. The molecule has 92 valence electrons. The van der Waals surface area contributed by atoms with Gasteiger partial charge in [0, 0.05) is 12.1 Å². The molecule has 0 saturated carbocycles. The molecular weight excluding hydrogens is 212 g/mol. The summed E-state index contributed by atoms with van der Waals surface area (Å²) in [6.45, 7) is 4.34. The highest BCUT2D eigenvalue weighted by molar-refractivity contribution is 5.94. The Morgan fingerprint density at radius 3 is 3.00 bits per heavy atom. The van der Waals surface area contributed by atoms with Crippen molar-refractivity contribution in [1.82, 2.24) is 5.32 Å². The maximum absolute atomic E-state index is 11.4. The number of ketones is 1. The predicted molar refractivity (Wildman–Crippen MR) is 69.2 cm³/mol. The van der Waals surface area contributed by atoms with Crippen molar-refractivity contribution in [3.8, 4) is 0 Å². The summed E-state index contributed by atoms with van der Waals surface area (Å²) in [6, 6.07) is 7.98. The topological polar surface area (TPSA) is 55.1 Å². The Labute approximate surface area is 102 Å². The Balaban J connectivity index is 2.16. The first-order chi connectivity index (χ1) is 8.20. The van der Waals surface area contributed by atoms with Gasteiger partial charge < -0.3 is 11.1 Å². The molecule has 0 amide bonds. The lowest BCUT2D eigenvalue weighted by Gasteiger charge is -2.29. The minimum Gasteiger partial charge on any atom is -0.330 e. The first-order valence-corrected chi connectivity index (χ1v) is 6.22. The molecule has 1 heterocycles. The van der Waals surface area contributed by atoms with Crippen LogP contribution in [-0.4, -0.2) is 25.4 Å². The van der Waals surface area contributed by atoms with Crippen LogP contribution in [0.15, 0.2) is 24.3 Å². The maximum Gasteiger partial charge on any atom is 0.159 e. The molecule has 1 aromatic rings. The number of carbonyl (C=O) groups excluding carboxylic acids is 1. The van der Waals surface area contributed by atoms with Gasteiger partial charge in [-0.25, -0.2) is 0 Å². The minimum atomic E-state index is 0.131. The van der Waals surface area contributed by atoms with Crippen LogP contribution in [0.4, 0.5) is 0 Å². The van der Waals surface area contributed by atoms with Crippen molar-refractivity contribution < 1.29 is 4.79 Å². The van der Waals surface area contributed by atoms with Gasteiger partial charge in [-0.05, 0) is 49.9 Å². The Kier molecular flexibility index (Phi) is 3.92. The number of piperidine rings is 1. The van der Waals surface area contributed by atoms with Gasteiger partial charge in [-0.1, -0.05) is 18.2 Å². The third kappa shape index (κ3) is 2.93. The van der Waals surface area contributed by atoms with Crippen LogP contribution in [-0.2, 0) is 0 Å². The van der Waals surface area contributed by atoms with Crippen molar-refractivity contribution in [2.75, 3.05) is 19.6 Å². The van der Waals surface area contributed by atoms with Gasteiger partial charge in [0.15, 0.2) is 5.78 Å². The van der Waals surface area contributed by atoms with Gasteiger partial charge >= 0.3 is 0 Å². The molecule has 1 saturated heterocycles. The highest BCUT2D eigenvalue weighted by atomic mass is 16.1. The minimum absolute atomic E-state index is 0.131. The fourth-order valence-electron chi connectivity index (χ4n) is 2.48. The molecule has 0 bridgehead atoms. The lowest BCUT2D eigenvalue weighted by molar-refractivity contribution is 0.101. The van der Waals surface area contributed by atoms with E-state index in [1.54, 1.807) is 6.92 Å². The van der Waals surface area contributed by atoms with Gasteiger partial charge in [-0.3, -0.25) is 4.79 Å². The SMILES string of the molecule is CC(=O)c1cccc(C2CNCC(CN)C2)c1. The standard InChI is InChI=1S/C14H20N2O/c1-10(17)12-3-2-4-13(6-12)14-5-11(7-15)8-16-9-14/h2-4,6,11,14,16H,5,7-9,15H2,1H3. The molecule has 1 fully saturated rings.